The molecule has 0 bridgehead atoms. The number of amides is 3. The van der Waals surface area contributed by atoms with E-state index in [0.717, 1.165) is 0 Å². The average molecular weight is 403 g/mol. The van der Waals surface area contributed by atoms with Crippen molar-refractivity contribution in [1.82, 2.24) is 14.7 Å². The third kappa shape index (κ3) is 2.76. The third-order valence-corrected chi connectivity index (χ3v) is 6.51. The van der Waals surface area contributed by atoms with Crippen molar-refractivity contribution in [2.45, 2.75) is 44.1 Å². The highest BCUT2D eigenvalue weighted by molar-refractivity contribution is 5.99. The Labute approximate surface area is 170 Å². The van der Waals surface area contributed by atoms with E-state index in [9.17, 15) is 19.5 Å². The number of rotatable bonds is 2. The van der Waals surface area contributed by atoms with Crippen molar-refractivity contribution in [3.05, 3.63) is 24.3 Å². The summed E-state index contributed by atoms with van der Waals surface area (Å²) in [6.07, 6.45) is 6.84. The van der Waals surface area contributed by atoms with Crippen LogP contribution >= 0.6 is 0 Å². The summed E-state index contributed by atoms with van der Waals surface area (Å²) in [5, 5.41) is 9.59. The average Bonchev–Trinajstić information content (AvgIpc) is 2.94. The number of hydrogen-bond donors (Lipinski definition) is 1. The summed E-state index contributed by atoms with van der Waals surface area (Å²) in [5.41, 5.74) is -1.66. The van der Waals surface area contributed by atoms with Gasteiger partial charge in [0.15, 0.2) is 0 Å². The standard InChI is InChI=1S/C21H29N3O5/c1-20(2,3)24-10-6-8-21-15(18(27)23(11-12-25)16(21)19(24)28)14-13(29-21)7-5-9-22(4)17(14)26/h5-8,13-16,25H,9-12H2,1-4H3/t13-,14+,15+,16?,21+/m1/s1. The second-order valence-electron chi connectivity index (χ2n) is 9.27. The third-order valence-electron chi connectivity index (χ3n) is 6.51. The van der Waals surface area contributed by atoms with Gasteiger partial charge in [0.2, 0.25) is 17.7 Å². The highest BCUT2D eigenvalue weighted by Gasteiger charge is 2.71. The van der Waals surface area contributed by atoms with Crippen LogP contribution in [-0.4, -0.2) is 94.1 Å². The van der Waals surface area contributed by atoms with E-state index in [1.165, 1.54) is 4.90 Å². The molecule has 4 aliphatic heterocycles. The number of β-amino-alcohol motifs (C(OH)–C–C–N with tert-alkyl or cyclic N) is 1. The smallest absolute Gasteiger partial charge is 0.249 e. The molecule has 2 saturated heterocycles. The predicted octanol–water partition coefficient (Wildman–Crippen LogP) is -0.215. The minimum Gasteiger partial charge on any atom is -0.395 e. The number of likely N-dealkylation sites (tertiary alicyclic amines) is 1. The number of likely N-dealkylation sites (N-methyl/N-ethyl adjacent to an activating group) is 1. The van der Waals surface area contributed by atoms with Crippen LogP contribution in [0.4, 0.5) is 0 Å². The van der Waals surface area contributed by atoms with Gasteiger partial charge in [-0.25, -0.2) is 0 Å². The van der Waals surface area contributed by atoms with Gasteiger partial charge in [0.05, 0.1) is 24.5 Å². The quantitative estimate of drug-likeness (QED) is 0.644. The number of carbonyl (C=O) groups is 3. The second-order valence-corrected chi connectivity index (χ2v) is 9.27. The molecular weight excluding hydrogens is 374 g/mol. The number of aliphatic hydroxyl groups is 1. The first-order valence-electron chi connectivity index (χ1n) is 10.1. The molecule has 0 radical (unpaired) electrons. The maximum atomic E-state index is 13.7. The molecule has 1 spiro atoms. The van der Waals surface area contributed by atoms with E-state index in [-0.39, 0.29) is 30.9 Å². The van der Waals surface area contributed by atoms with E-state index >= 15 is 0 Å². The highest BCUT2D eigenvalue weighted by Crippen LogP contribution is 2.53. The Balaban J connectivity index is 1.86. The Hall–Kier alpha value is -2.19. The fourth-order valence-corrected chi connectivity index (χ4v) is 5.21. The summed E-state index contributed by atoms with van der Waals surface area (Å²) in [6.45, 7) is 6.46. The minimum atomic E-state index is -1.21. The van der Waals surface area contributed by atoms with Crippen molar-refractivity contribution in [3.8, 4) is 0 Å². The lowest BCUT2D eigenvalue weighted by molar-refractivity contribution is -0.151. The number of hydrogen-bond acceptors (Lipinski definition) is 5. The molecule has 29 heavy (non-hydrogen) atoms. The Bertz CT molecular complexity index is 801. The molecule has 0 saturated carbocycles. The second kappa shape index (κ2) is 6.67. The van der Waals surface area contributed by atoms with Gasteiger partial charge >= 0.3 is 0 Å². The van der Waals surface area contributed by atoms with Crippen molar-refractivity contribution in [3.63, 3.8) is 0 Å². The molecule has 3 amide bonds. The Morgan fingerprint density at radius 1 is 1.14 bits per heavy atom. The number of ether oxygens (including phenoxy) is 1. The largest absolute Gasteiger partial charge is 0.395 e. The Morgan fingerprint density at radius 3 is 2.52 bits per heavy atom. The van der Waals surface area contributed by atoms with E-state index in [4.69, 9.17) is 4.74 Å². The summed E-state index contributed by atoms with van der Waals surface area (Å²) in [5.74, 6) is -2.15. The van der Waals surface area contributed by atoms with E-state index in [0.29, 0.717) is 13.1 Å². The van der Waals surface area contributed by atoms with Crippen molar-refractivity contribution >= 4 is 17.7 Å². The van der Waals surface area contributed by atoms with Gasteiger partial charge in [-0.05, 0) is 20.8 Å². The predicted molar refractivity (Wildman–Crippen MR) is 105 cm³/mol. The Morgan fingerprint density at radius 2 is 1.86 bits per heavy atom. The first kappa shape index (κ1) is 20.1. The zero-order valence-corrected chi connectivity index (χ0v) is 17.4. The lowest BCUT2D eigenvalue weighted by atomic mass is 9.77. The summed E-state index contributed by atoms with van der Waals surface area (Å²) < 4.78 is 6.43. The van der Waals surface area contributed by atoms with Gasteiger partial charge in [-0.2, -0.15) is 0 Å². The fourth-order valence-electron chi connectivity index (χ4n) is 5.21. The first-order chi connectivity index (χ1) is 13.6. The molecule has 0 aromatic heterocycles. The van der Waals surface area contributed by atoms with Crippen LogP contribution in [0.2, 0.25) is 0 Å². The normalized spacial score (nSPS) is 36.9. The maximum Gasteiger partial charge on any atom is 0.249 e. The Kier molecular flexibility index (Phi) is 4.62. The summed E-state index contributed by atoms with van der Waals surface area (Å²) in [7, 11) is 1.71. The van der Waals surface area contributed by atoms with Gasteiger partial charge in [-0.1, -0.05) is 24.3 Å². The molecule has 0 aliphatic carbocycles. The van der Waals surface area contributed by atoms with Gasteiger partial charge < -0.3 is 24.5 Å². The molecular formula is C21H29N3O5. The summed E-state index contributed by atoms with van der Waals surface area (Å²) in [4.78, 5) is 45.0. The zero-order valence-electron chi connectivity index (χ0n) is 17.4. The number of nitrogens with zero attached hydrogens (tertiary/aromatic N) is 3. The molecule has 5 atom stereocenters. The van der Waals surface area contributed by atoms with Crippen molar-refractivity contribution in [1.29, 1.82) is 0 Å². The molecule has 4 aliphatic rings. The van der Waals surface area contributed by atoms with Gasteiger partial charge in [-0.15, -0.1) is 0 Å². The van der Waals surface area contributed by atoms with Crippen LogP contribution in [0.1, 0.15) is 20.8 Å². The monoisotopic (exact) mass is 403 g/mol. The van der Waals surface area contributed by atoms with Crippen molar-refractivity contribution < 1.29 is 24.2 Å². The molecule has 1 N–H and O–H groups in total. The van der Waals surface area contributed by atoms with Crippen LogP contribution in [0.5, 0.6) is 0 Å². The summed E-state index contributed by atoms with van der Waals surface area (Å²) >= 11 is 0. The molecule has 8 nitrogen and oxygen atoms in total. The number of fused-ring (bicyclic) bond motifs is 2. The maximum absolute atomic E-state index is 13.7. The zero-order chi connectivity index (χ0) is 21.1. The van der Waals surface area contributed by atoms with Crippen molar-refractivity contribution in [2.24, 2.45) is 11.8 Å². The lowest BCUT2D eigenvalue weighted by Gasteiger charge is -2.40. The fraction of sp³-hybridized carbons (Fsp3) is 0.667. The lowest BCUT2D eigenvalue weighted by Crippen LogP contribution is -2.59. The van der Waals surface area contributed by atoms with Crippen molar-refractivity contribution in [2.75, 3.05) is 33.3 Å². The van der Waals surface area contributed by atoms with E-state index in [1.807, 2.05) is 45.1 Å². The first-order valence-corrected chi connectivity index (χ1v) is 10.1. The van der Waals surface area contributed by atoms with Crippen LogP contribution in [0.25, 0.3) is 0 Å². The molecule has 2 fully saturated rings. The van der Waals surface area contributed by atoms with Crippen LogP contribution in [0.15, 0.2) is 24.3 Å². The van der Waals surface area contributed by atoms with Crippen LogP contribution in [-0.2, 0) is 19.1 Å². The molecule has 1 unspecified atom stereocenters. The van der Waals surface area contributed by atoms with Gasteiger partial charge in [-0.3, -0.25) is 14.4 Å². The molecule has 4 rings (SSSR count). The van der Waals surface area contributed by atoms with Crippen LogP contribution < -0.4 is 0 Å². The molecule has 4 heterocycles. The molecule has 8 heteroatoms. The van der Waals surface area contributed by atoms with Gasteiger partial charge in [0.1, 0.15) is 11.6 Å². The van der Waals surface area contributed by atoms with E-state index in [2.05, 4.69) is 0 Å². The van der Waals surface area contributed by atoms with Gasteiger partial charge in [0.25, 0.3) is 0 Å². The molecule has 0 aromatic carbocycles. The topological polar surface area (TPSA) is 90.4 Å². The SMILES string of the molecule is CN1CC=C[C@H]2O[C@]34C=CCN(C(C)(C)C)C(=O)C3N(CCO)C(=O)[C@@H]4[C@H]2C1=O. The van der Waals surface area contributed by atoms with Gasteiger partial charge in [0, 0.05) is 32.2 Å². The van der Waals surface area contributed by atoms with E-state index < -0.39 is 35.1 Å². The summed E-state index contributed by atoms with van der Waals surface area (Å²) in [6, 6.07) is -0.899. The number of aliphatic hydroxyl groups excluding tert-OH is 1. The molecule has 158 valence electrons. The number of carbonyl (C=O) groups excluding carboxylic acids is 3. The minimum absolute atomic E-state index is 0.0277. The van der Waals surface area contributed by atoms with E-state index in [1.54, 1.807) is 16.8 Å². The van der Waals surface area contributed by atoms with Crippen LogP contribution in [0, 0.1) is 11.8 Å². The highest BCUT2D eigenvalue weighted by atomic mass is 16.5. The molecule has 0 aromatic rings. The van der Waals surface area contributed by atoms with Crippen LogP contribution in [0.3, 0.4) is 0 Å².